The van der Waals surface area contributed by atoms with Gasteiger partial charge in [-0.15, -0.1) is 0 Å². The number of anilines is 1. The lowest BCUT2D eigenvalue weighted by atomic mass is 9.85. The number of hydrogen-bond acceptors (Lipinski definition) is 5. The van der Waals surface area contributed by atoms with Crippen LogP contribution in [-0.4, -0.2) is 35.8 Å². The topological polar surface area (TPSA) is 83.8 Å². The van der Waals surface area contributed by atoms with Crippen LogP contribution in [0.25, 0.3) is 16.9 Å². The summed E-state index contributed by atoms with van der Waals surface area (Å²) in [5, 5.41) is 15.7. The first-order valence-electron chi connectivity index (χ1n) is 10.8. The lowest BCUT2D eigenvalue weighted by Crippen LogP contribution is -2.23. The highest BCUT2D eigenvalue weighted by Gasteiger charge is 2.55. The summed E-state index contributed by atoms with van der Waals surface area (Å²) in [5.74, 6) is 0.793. The van der Waals surface area contributed by atoms with Gasteiger partial charge in [-0.2, -0.15) is 14.7 Å². The number of aromatic amines is 1. The van der Waals surface area contributed by atoms with Gasteiger partial charge in [0, 0.05) is 35.1 Å². The van der Waals surface area contributed by atoms with E-state index < -0.39 is 0 Å². The number of pyridine rings is 1. The summed E-state index contributed by atoms with van der Waals surface area (Å²) >= 11 is 0. The number of H-pyrrole nitrogens is 1. The molecule has 4 heterocycles. The Labute approximate surface area is 179 Å². The van der Waals surface area contributed by atoms with Gasteiger partial charge in [-0.3, -0.25) is 10.1 Å². The van der Waals surface area contributed by atoms with Crippen molar-refractivity contribution in [2.24, 2.45) is 5.41 Å². The van der Waals surface area contributed by atoms with E-state index in [0.29, 0.717) is 17.3 Å². The molecule has 0 bridgehead atoms. The maximum absolute atomic E-state index is 13.8. The van der Waals surface area contributed by atoms with Gasteiger partial charge in [0.2, 0.25) is 0 Å². The van der Waals surface area contributed by atoms with E-state index in [1.165, 1.54) is 23.5 Å². The van der Waals surface area contributed by atoms with E-state index in [1.54, 1.807) is 6.20 Å². The third kappa shape index (κ3) is 3.00. The molecule has 4 aromatic rings. The standard InChI is InChI=1S/C23H24FN7/c1-13(2)17-12-27-31-21(6-18(28-22(17)31)15-5-16(24)11-25-9-15)29-20-8-23(20)4-3-14-10-26-30-19(14)7-23/h5-6,9-13,20,29H,3-4,7-8H2,1-2H3,(H,26,30)/t20-,23?/m0/s1. The summed E-state index contributed by atoms with van der Waals surface area (Å²) in [6, 6.07) is 3.79. The molecule has 1 saturated carbocycles. The molecule has 2 aliphatic rings. The van der Waals surface area contributed by atoms with Crippen molar-refractivity contribution in [3.8, 4) is 11.3 Å². The molecular formula is C23H24FN7. The zero-order valence-electron chi connectivity index (χ0n) is 17.6. The van der Waals surface area contributed by atoms with Gasteiger partial charge in [-0.25, -0.2) is 9.37 Å². The largest absolute Gasteiger partial charge is 0.367 e. The highest BCUT2D eigenvalue weighted by molar-refractivity contribution is 5.68. The van der Waals surface area contributed by atoms with Gasteiger partial charge < -0.3 is 5.32 Å². The molecule has 2 aliphatic carbocycles. The van der Waals surface area contributed by atoms with Gasteiger partial charge in [-0.05, 0) is 48.6 Å². The molecule has 0 aliphatic heterocycles. The minimum Gasteiger partial charge on any atom is -0.367 e. The van der Waals surface area contributed by atoms with E-state index >= 15 is 0 Å². The Morgan fingerprint density at radius 3 is 2.97 bits per heavy atom. The van der Waals surface area contributed by atoms with Crippen molar-refractivity contribution < 1.29 is 4.39 Å². The van der Waals surface area contributed by atoms with Crippen LogP contribution in [-0.2, 0) is 12.8 Å². The summed E-state index contributed by atoms with van der Waals surface area (Å²) in [5.41, 5.74) is 6.09. The molecule has 0 saturated heterocycles. The molecule has 1 spiro atoms. The molecular weight excluding hydrogens is 393 g/mol. The first-order chi connectivity index (χ1) is 15.0. The zero-order valence-corrected chi connectivity index (χ0v) is 17.6. The predicted octanol–water partition coefficient (Wildman–Crippen LogP) is 4.14. The SMILES string of the molecule is CC(C)c1cnn2c(N[C@H]3CC34CCc3cn[nH]c3C4)cc(-c3cncc(F)c3)nc12. The average Bonchev–Trinajstić information content (AvgIpc) is 3.11. The van der Waals surface area contributed by atoms with E-state index in [2.05, 4.69) is 39.4 Å². The number of aromatic nitrogens is 6. The highest BCUT2D eigenvalue weighted by atomic mass is 19.1. The number of aryl methyl sites for hydroxylation is 1. The van der Waals surface area contributed by atoms with Crippen LogP contribution in [0.15, 0.2) is 36.9 Å². The third-order valence-corrected chi connectivity index (χ3v) is 6.86. The Morgan fingerprint density at radius 2 is 2.13 bits per heavy atom. The van der Waals surface area contributed by atoms with Crippen molar-refractivity contribution in [3.63, 3.8) is 0 Å². The molecule has 2 atom stereocenters. The van der Waals surface area contributed by atoms with Crippen molar-refractivity contribution in [1.29, 1.82) is 0 Å². The average molecular weight is 417 g/mol. The number of fused-ring (bicyclic) bond motifs is 2. The molecule has 1 fully saturated rings. The van der Waals surface area contributed by atoms with Gasteiger partial charge in [-0.1, -0.05) is 13.8 Å². The second-order valence-electron chi connectivity index (χ2n) is 9.22. The monoisotopic (exact) mass is 417 g/mol. The summed E-state index contributed by atoms with van der Waals surface area (Å²) in [6.45, 7) is 4.25. The number of hydrogen-bond donors (Lipinski definition) is 2. The van der Waals surface area contributed by atoms with E-state index in [1.807, 2.05) is 23.0 Å². The lowest BCUT2D eigenvalue weighted by molar-refractivity contribution is 0.422. The number of halogens is 1. The molecule has 31 heavy (non-hydrogen) atoms. The van der Waals surface area contributed by atoms with Crippen LogP contribution in [0.5, 0.6) is 0 Å². The Bertz CT molecular complexity index is 1290. The van der Waals surface area contributed by atoms with Crippen LogP contribution >= 0.6 is 0 Å². The molecule has 0 aromatic carbocycles. The Morgan fingerprint density at radius 1 is 1.23 bits per heavy atom. The van der Waals surface area contributed by atoms with Gasteiger partial charge in [0.15, 0.2) is 5.65 Å². The fourth-order valence-electron chi connectivity index (χ4n) is 4.92. The fraction of sp³-hybridized carbons (Fsp3) is 0.391. The van der Waals surface area contributed by atoms with Crippen molar-refractivity contribution in [2.75, 3.05) is 5.32 Å². The van der Waals surface area contributed by atoms with E-state index in [-0.39, 0.29) is 17.2 Å². The number of nitrogens with zero attached hydrogens (tertiary/aromatic N) is 5. The summed E-state index contributed by atoms with van der Waals surface area (Å²) in [7, 11) is 0. The molecule has 158 valence electrons. The number of nitrogens with one attached hydrogen (secondary N) is 2. The van der Waals surface area contributed by atoms with Crippen LogP contribution in [0.1, 0.15) is 49.4 Å². The molecule has 7 nitrogen and oxygen atoms in total. The Hall–Kier alpha value is -3.29. The van der Waals surface area contributed by atoms with Crippen molar-refractivity contribution in [2.45, 2.75) is 51.5 Å². The molecule has 0 radical (unpaired) electrons. The normalized spacial score (nSPS) is 22.3. The van der Waals surface area contributed by atoms with Crippen LogP contribution < -0.4 is 5.32 Å². The Balaban J connectivity index is 1.39. The molecule has 1 unspecified atom stereocenters. The molecule has 0 amide bonds. The highest BCUT2D eigenvalue weighted by Crippen LogP contribution is 2.55. The Kier molecular flexibility index (Phi) is 3.94. The van der Waals surface area contributed by atoms with Gasteiger partial charge in [0.1, 0.15) is 11.6 Å². The van der Waals surface area contributed by atoms with Crippen LogP contribution in [0.4, 0.5) is 10.2 Å². The van der Waals surface area contributed by atoms with E-state index in [0.717, 1.165) is 42.7 Å². The quantitative estimate of drug-likeness (QED) is 0.521. The van der Waals surface area contributed by atoms with E-state index in [4.69, 9.17) is 4.98 Å². The van der Waals surface area contributed by atoms with Crippen LogP contribution in [0, 0.1) is 11.2 Å². The first kappa shape index (κ1) is 18.5. The number of rotatable bonds is 4. The lowest BCUT2D eigenvalue weighted by Gasteiger charge is -2.23. The second-order valence-corrected chi connectivity index (χ2v) is 9.22. The van der Waals surface area contributed by atoms with Crippen molar-refractivity contribution in [1.82, 2.24) is 29.8 Å². The van der Waals surface area contributed by atoms with Gasteiger partial charge in [0.05, 0.1) is 24.3 Å². The summed E-state index contributed by atoms with van der Waals surface area (Å²) in [4.78, 5) is 8.83. The molecule has 4 aromatic heterocycles. The minimum atomic E-state index is -0.370. The molecule has 8 heteroatoms. The van der Waals surface area contributed by atoms with E-state index in [9.17, 15) is 4.39 Å². The minimum absolute atomic E-state index is 0.254. The predicted molar refractivity (Wildman–Crippen MR) is 115 cm³/mol. The van der Waals surface area contributed by atoms with Gasteiger partial charge >= 0.3 is 0 Å². The fourth-order valence-corrected chi connectivity index (χ4v) is 4.92. The summed E-state index contributed by atoms with van der Waals surface area (Å²) in [6.07, 6.45) is 11.0. The summed E-state index contributed by atoms with van der Waals surface area (Å²) < 4.78 is 15.7. The van der Waals surface area contributed by atoms with Crippen molar-refractivity contribution >= 4 is 11.5 Å². The molecule has 2 N–H and O–H groups in total. The van der Waals surface area contributed by atoms with Gasteiger partial charge in [0.25, 0.3) is 0 Å². The van der Waals surface area contributed by atoms with Crippen molar-refractivity contribution in [3.05, 3.63) is 59.6 Å². The maximum atomic E-state index is 13.8. The second kappa shape index (κ2) is 6.60. The third-order valence-electron chi connectivity index (χ3n) is 6.86. The molecule has 6 rings (SSSR count). The van der Waals surface area contributed by atoms with Crippen LogP contribution in [0.3, 0.4) is 0 Å². The zero-order chi connectivity index (χ0) is 21.2. The van der Waals surface area contributed by atoms with Crippen LogP contribution in [0.2, 0.25) is 0 Å². The first-order valence-corrected chi connectivity index (χ1v) is 10.8. The maximum Gasteiger partial charge on any atom is 0.161 e. The smallest absolute Gasteiger partial charge is 0.161 e.